The average molecular weight is 357 g/mol. The second-order valence-corrected chi connectivity index (χ2v) is 8.06. The van der Waals surface area contributed by atoms with E-state index in [1.54, 1.807) is 6.92 Å². The number of aromatic nitrogens is 2. The summed E-state index contributed by atoms with van der Waals surface area (Å²) >= 11 is 0. The highest BCUT2D eigenvalue weighted by atomic mass is 32.2. The zero-order valence-corrected chi connectivity index (χ0v) is 14.0. The molecule has 2 N–H and O–H groups in total. The molecule has 1 aromatic heterocycles. The van der Waals surface area contributed by atoms with Crippen LogP contribution in [0.15, 0.2) is 11.2 Å². The maximum Gasteiger partial charge on any atom is 0.342 e. The van der Waals surface area contributed by atoms with Crippen LogP contribution in [0.4, 0.5) is 0 Å². The van der Waals surface area contributed by atoms with Gasteiger partial charge in [0.15, 0.2) is 5.03 Å². The molecule has 3 rings (SSSR count). The van der Waals surface area contributed by atoms with Crippen molar-refractivity contribution in [2.75, 3.05) is 19.7 Å². The number of H-pyrrole nitrogens is 1. The third kappa shape index (κ3) is 2.40. The Kier molecular flexibility index (Phi) is 4.12. The first-order valence-corrected chi connectivity index (χ1v) is 9.21. The van der Waals surface area contributed by atoms with E-state index < -0.39 is 27.4 Å². The highest BCUT2D eigenvalue weighted by molar-refractivity contribution is 7.89. The van der Waals surface area contributed by atoms with Gasteiger partial charge in [-0.25, -0.2) is 13.2 Å². The molecule has 0 spiro atoms. The molecule has 24 heavy (non-hydrogen) atoms. The summed E-state index contributed by atoms with van der Waals surface area (Å²) in [4.78, 5) is 23.6. The Morgan fingerprint density at radius 1 is 1.54 bits per heavy atom. The molecule has 1 aromatic rings. The number of carbonyl (C=O) groups is 2. The van der Waals surface area contributed by atoms with Crippen molar-refractivity contribution in [3.8, 4) is 0 Å². The summed E-state index contributed by atoms with van der Waals surface area (Å²) in [6, 6.07) is 0. The predicted molar refractivity (Wildman–Crippen MR) is 80.7 cm³/mol. The van der Waals surface area contributed by atoms with Gasteiger partial charge >= 0.3 is 11.9 Å². The summed E-state index contributed by atoms with van der Waals surface area (Å²) in [5.41, 5.74) is -1.20. The van der Waals surface area contributed by atoms with Crippen LogP contribution in [-0.4, -0.2) is 59.7 Å². The molecule has 0 aromatic carbocycles. The van der Waals surface area contributed by atoms with Crippen LogP contribution in [0, 0.1) is 11.3 Å². The third-order valence-corrected chi connectivity index (χ3v) is 6.75. The van der Waals surface area contributed by atoms with Crippen molar-refractivity contribution in [2.45, 2.75) is 31.2 Å². The van der Waals surface area contributed by atoms with Gasteiger partial charge in [-0.15, -0.1) is 0 Å². The van der Waals surface area contributed by atoms with E-state index in [-0.39, 0.29) is 36.2 Å². The summed E-state index contributed by atoms with van der Waals surface area (Å²) in [6.07, 6.45) is 3.04. The van der Waals surface area contributed by atoms with E-state index in [0.717, 1.165) is 16.9 Å². The fourth-order valence-electron chi connectivity index (χ4n) is 3.73. The molecule has 1 aliphatic carbocycles. The fraction of sp³-hybridized carbons (Fsp3) is 0.643. The van der Waals surface area contributed by atoms with Gasteiger partial charge in [0.2, 0.25) is 0 Å². The zero-order valence-electron chi connectivity index (χ0n) is 13.2. The largest absolute Gasteiger partial charge is 0.481 e. The molecule has 2 aliphatic rings. The number of ether oxygens (including phenoxy) is 1. The van der Waals surface area contributed by atoms with E-state index in [2.05, 4.69) is 10.2 Å². The Hall–Kier alpha value is -1.94. The highest BCUT2D eigenvalue weighted by Gasteiger charge is 2.57. The number of hydrogen-bond acceptors (Lipinski definition) is 6. The van der Waals surface area contributed by atoms with Gasteiger partial charge in [0, 0.05) is 13.1 Å². The normalized spacial score (nSPS) is 27.1. The second-order valence-electron chi connectivity index (χ2n) is 6.18. The molecule has 2 heterocycles. The Bertz CT molecular complexity index is 773. The lowest BCUT2D eigenvalue weighted by atomic mass is 9.81. The van der Waals surface area contributed by atoms with Crippen LogP contribution in [0.1, 0.15) is 36.5 Å². The monoisotopic (exact) mass is 357 g/mol. The van der Waals surface area contributed by atoms with Crippen LogP contribution >= 0.6 is 0 Å². The van der Waals surface area contributed by atoms with E-state index in [1.165, 1.54) is 0 Å². The Morgan fingerprint density at radius 3 is 2.92 bits per heavy atom. The van der Waals surface area contributed by atoms with Crippen LogP contribution < -0.4 is 0 Å². The summed E-state index contributed by atoms with van der Waals surface area (Å²) < 4.78 is 31.7. The molecule has 0 radical (unpaired) electrons. The number of carboxylic acid groups (broad SMARTS) is 1. The number of rotatable bonds is 5. The maximum absolute atomic E-state index is 12.9. The minimum atomic E-state index is -4.05. The van der Waals surface area contributed by atoms with Crippen molar-refractivity contribution in [3.05, 3.63) is 11.8 Å². The number of carbonyl (C=O) groups excluding carboxylic acids is 1. The van der Waals surface area contributed by atoms with Gasteiger partial charge in [-0.05, 0) is 25.7 Å². The molecule has 1 saturated heterocycles. The van der Waals surface area contributed by atoms with Crippen LogP contribution in [0.25, 0.3) is 0 Å². The maximum atomic E-state index is 12.9. The highest BCUT2D eigenvalue weighted by Crippen LogP contribution is 2.50. The van der Waals surface area contributed by atoms with Gasteiger partial charge in [0.25, 0.3) is 10.0 Å². The third-order valence-electron chi connectivity index (χ3n) is 4.96. The molecule has 2 fully saturated rings. The van der Waals surface area contributed by atoms with Crippen molar-refractivity contribution in [1.29, 1.82) is 0 Å². The van der Waals surface area contributed by atoms with E-state index in [0.29, 0.717) is 12.8 Å². The fourth-order valence-corrected chi connectivity index (χ4v) is 5.35. The van der Waals surface area contributed by atoms with Crippen LogP contribution in [0.3, 0.4) is 0 Å². The lowest BCUT2D eigenvalue weighted by Gasteiger charge is -2.23. The number of fused-ring (bicyclic) bond motifs is 1. The molecular weight excluding hydrogens is 338 g/mol. The first kappa shape index (κ1) is 16.9. The summed E-state index contributed by atoms with van der Waals surface area (Å²) in [7, 11) is -4.05. The number of aromatic amines is 1. The Morgan fingerprint density at radius 2 is 2.29 bits per heavy atom. The zero-order chi connectivity index (χ0) is 17.5. The summed E-state index contributed by atoms with van der Waals surface area (Å²) in [5, 5.41) is 15.2. The first-order chi connectivity index (χ1) is 11.3. The van der Waals surface area contributed by atoms with Crippen LogP contribution in [0.2, 0.25) is 0 Å². The molecule has 132 valence electrons. The minimum Gasteiger partial charge on any atom is -0.481 e. The molecule has 1 saturated carbocycles. The molecule has 1 aliphatic heterocycles. The SMILES string of the molecule is CCOC(=O)c1cn[nH]c1S(=O)(=O)N1C[C@@H]2CCC[C@@]2(C(=O)O)C1. The summed E-state index contributed by atoms with van der Waals surface area (Å²) in [5.74, 6) is -1.95. The van der Waals surface area contributed by atoms with Crippen molar-refractivity contribution < 1.29 is 27.9 Å². The van der Waals surface area contributed by atoms with E-state index in [1.807, 2.05) is 0 Å². The number of esters is 1. The Labute approximate surface area is 139 Å². The van der Waals surface area contributed by atoms with Gasteiger partial charge in [-0.3, -0.25) is 9.89 Å². The smallest absolute Gasteiger partial charge is 0.342 e. The summed E-state index contributed by atoms with van der Waals surface area (Å²) in [6.45, 7) is 1.77. The van der Waals surface area contributed by atoms with Crippen molar-refractivity contribution in [3.63, 3.8) is 0 Å². The number of nitrogens with one attached hydrogen (secondary N) is 1. The standard InChI is InChI=1S/C14H19N3O6S/c1-2-23-12(18)10-6-15-16-11(10)24(21,22)17-7-9-4-3-5-14(9,8-17)13(19)20/h6,9H,2-5,7-8H2,1H3,(H,15,16)(H,19,20)/t9-,14+/m0/s1. The van der Waals surface area contributed by atoms with E-state index in [4.69, 9.17) is 4.74 Å². The molecule has 0 bridgehead atoms. The molecule has 2 atom stereocenters. The second kappa shape index (κ2) is 5.85. The topological polar surface area (TPSA) is 130 Å². The number of carboxylic acids is 1. The predicted octanol–water partition coefficient (Wildman–Crippen LogP) is 0.462. The van der Waals surface area contributed by atoms with Crippen LogP contribution in [-0.2, 0) is 19.6 Å². The van der Waals surface area contributed by atoms with E-state index >= 15 is 0 Å². The number of sulfonamides is 1. The van der Waals surface area contributed by atoms with Gasteiger partial charge in [0.1, 0.15) is 5.56 Å². The molecule has 9 nitrogen and oxygen atoms in total. The number of aliphatic carboxylic acids is 1. The van der Waals surface area contributed by atoms with Crippen LogP contribution in [0.5, 0.6) is 0 Å². The Balaban J connectivity index is 1.92. The van der Waals surface area contributed by atoms with Gasteiger partial charge in [-0.1, -0.05) is 6.42 Å². The minimum absolute atomic E-state index is 0.0867. The lowest BCUT2D eigenvalue weighted by Crippen LogP contribution is -2.37. The molecule has 0 amide bonds. The number of hydrogen-bond donors (Lipinski definition) is 2. The van der Waals surface area contributed by atoms with Crippen molar-refractivity contribution in [1.82, 2.24) is 14.5 Å². The van der Waals surface area contributed by atoms with Gasteiger partial charge in [-0.2, -0.15) is 9.40 Å². The first-order valence-electron chi connectivity index (χ1n) is 7.77. The average Bonchev–Trinajstić information content (AvgIpc) is 3.21. The quantitative estimate of drug-likeness (QED) is 0.732. The molecule has 0 unspecified atom stereocenters. The molecule has 10 heteroatoms. The van der Waals surface area contributed by atoms with Gasteiger partial charge < -0.3 is 9.84 Å². The number of nitrogens with zero attached hydrogens (tertiary/aromatic N) is 2. The molecular formula is C14H19N3O6S. The van der Waals surface area contributed by atoms with Gasteiger partial charge in [0.05, 0.1) is 18.2 Å². The van der Waals surface area contributed by atoms with Crippen molar-refractivity contribution in [2.24, 2.45) is 11.3 Å². The van der Waals surface area contributed by atoms with Crippen molar-refractivity contribution >= 4 is 22.0 Å². The van der Waals surface area contributed by atoms with E-state index in [9.17, 15) is 23.1 Å². The lowest BCUT2D eigenvalue weighted by molar-refractivity contribution is -0.149.